The van der Waals surface area contributed by atoms with Gasteiger partial charge in [0.1, 0.15) is 6.10 Å². The van der Waals surface area contributed by atoms with E-state index in [0.717, 1.165) is 16.7 Å². The van der Waals surface area contributed by atoms with Crippen molar-refractivity contribution in [3.63, 3.8) is 0 Å². The molecule has 4 aromatic rings. The lowest BCUT2D eigenvalue weighted by Crippen LogP contribution is -2.48. The van der Waals surface area contributed by atoms with Crippen LogP contribution in [-0.2, 0) is 26.1 Å². The average Bonchev–Trinajstić information content (AvgIpc) is 3.03. The minimum atomic E-state index is -1.13. The Kier molecular flexibility index (Phi) is 12.6. The van der Waals surface area contributed by atoms with Crippen LogP contribution in [0.1, 0.15) is 34.2 Å². The molecular formula is C33H41N5O4. The van der Waals surface area contributed by atoms with Crippen LogP contribution in [0.2, 0.25) is 0 Å². The third kappa shape index (κ3) is 9.78. The van der Waals surface area contributed by atoms with Crippen molar-refractivity contribution >= 4 is 0 Å². The van der Waals surface area contributed by atoms with Gasteiger partial charge in [0, 0.05) is 38.8 Å². The minimum absolute atomic E-state index is 0.179. The number of benzene rings is 3. The highest BCUT2D eigenvalue weighted by molar-refractivity contribution is 5.17. The SMILES string of the molecule is OC[C@H](NCc1ccccc1)[C@@H](O)Cc1cnc(C(O)[C@@H](NCc2ccccc2)[C@@H](O)CNCc2ccccc2)cn1. The summed E-state index contributed by atoms with van der Waals surface area (Å²) in [5, 5.41) is 52.7. The van der Waals surface area contributed by atoms with Crippen LogP contribution in [0.25, 0.3) is 0 Å². The summed E-state index contributed by atoms with van der Waals surface area (Å²) in [7, 11) is 0. The van der Waals surface area contributed by atoms with Crippen LogP contribution in [0.15, 0.2) is 103 Å². The molecule has 0 aliphatic heterocycles. The first-order chi connectivity index (χ1) is 20.5. The third-order valence-corrected chi connectivity index (χ3v) is 7.18. The van der Waals surface area contributed by atoms with E-state index in [1.54, 1.807) is 0 Å². The molecule has 0 amide bonds. The lowest BCUT2D eigenvalue weighted by molar-refractivity contribution is 0.0336. The standard InChI is InChI=1S/C33H41N5O4/c39-23-29(36-18-25-12-6-2-7-13-25)30(40)16-27-20-37-28(21-35-27)33(42)32(38-19-26-14-8-3-9-15-26)31(41)22-34-17-24-10-4-1-5-11-24/h1-15,20-21,29-34,36,38-42H,16-19,22-23H2/t29-,30-,31-,32-,33?/m0/s1. The Labute approximate surface area is 247 Å². The summed E-state index contributed by atoms with van der Waals surface area (Å²) < 4.78 is 0. The van der Waals surface area contributed by atoms with Gasteiger partial charge < -0.3 is 36.4 Å². The van der Waals surface area contributed by atoms with Crippen LogP contribution in [-0.4, -0.2) is 67.8 Å². The van der Waals surface area contributed by atoms with Crippen molar-refractivity contribution in [3.05, 3.63) is 131 Å². The van der Waals surface area contributed by atoms with Crippen molar-refractivity contribution in [2.45, 2.75) is 56.5 Å². The van der Waals surface area contributed by atoms with Gasteiger partial charge in [-0.2, -0.15) is 0 Å². The predicted octanol–water partition coefficient (Wildman–Crippen LogP) is 1.87. The van der Waals surface area contributed by atoms with E-state index in [-0.39, 0.29) is 19.6 Å². The molecule has 7 N–H and O–H groups in total. The Bertz CT molecular complexity index is 1280. The van der Waals surface area contributed by atoms with Gasteiger partial charge in [0.2, 0.25) is 0 Å². The second-order valence-electron chi connectivity index (χ2n) is 10.4. The molecule has 5 atom stereocenters. The Morgan fingerprint density at radius 1 is 0.619 bits per heavy atom. The maximum atomic E-state index is 11.3. The fraction of sp³-hybridized carbons (Fsp3) is 0.333. The molecule has 1 heterocycles. The number of hydrogen-bond acceptors (Lipinski definition) is 9. The minimum Gasteiger partial charge on any atom is -0.395 e. The zero-order chi connectivity index (χ0) is 29.6. The summed E-state index contributed by atoms with van der Waals surface area (Å²) >= 11 is 0. The molecule has 0 aliphatic rings. The monoisotopic (exact) mass is 571 g/mol. The highest BCUT2D eigenvalue weighted by atomic mass is 16.3. The fourth-order valence-electron chi connectivity index (χ4n) is 4.71. The number of nitrogens with zero attached hydrogens (tertiary/aromatic N) is 2. The second-order valence-corrected chi connectivity index (χ2v) is 10.4. The molecule has 0 fully saturated rings. The van der Waals surface area contributed by atoms with E-state index in [4.69, 9.17) is 0 Å². The predicted molar refractivity (Wildman–Crippen MR) is 162 cm³/mol. The first kappa shape index (κ1) is 31.4. The number of nitrogens with one attached hydrogen (secondary N) is 3. The van der Waals surface area contributed by atoms with E-state index < -0.39 is 30.4 Å². The third-order valence-electron chi connectivity index (χ3n) is 7.18. The number of aliphatic hydroxyl groups excluding tert-OH is 4. The molecule has 0 bridgehead atoms. The summed E-state index contributed by atoms with van der Waals surface area (Å²) in [6.07, 6.45) is 0.226. The van der Waals surface area contributed by atoms with Crippen LogP contribution < -0.4 is 16.0 Å². The van der Waals surface area contributed by atoms with Gasteiger partial charge in [-0.1, -0.05) is 91.0 Å². The van der Waals surface area contributed by atoms with E-state index in [2.05, 4.69) is 25.9 Å². The summed E-state index contributed by atoms with van der Waals surface area (Å²) in [5.41, 5.74) is 4.00. The van der Waals surface area contributed by atoms with Gasteiger partial charge in [-0.05, 0) is 16.7 Å². The summed E-state index contributed by atoms with van der Waals surface area (Å²) in [6, 6.07) is 28.2. The van der Waals surface area contributed by atoms with E-state index in [1.165, 1.54) is 12.4 Å². The molecule has 0 spiro atoms. The van der Waals surface area contributed by atoms with Gasteiger partial charge >= 0.3 is 0 Å². The summed E-state index contributed by atoms with van der Waals surface area (Å²) in [4.78, 5) is 8.84. The molecule has 0 saturated carbocycles. The zero-order valence-electron chi connectivity index (χ0n) is 23.6. The highest BCUT2D eigenvalue weighted by Gasteiger charge is 2.29. The van der Waals surface area contributed by atoms with Gasteiger partial charge in [0.25, 0.3) is 0 Å². The van der Waals surface area contributed by atoms with Crippen LogP contribution in [0.3, 0.4) is 0 Å². The van der Waals surface area contributed by atoms with Crippen LogP contribution in [0, 0.1) is 0 Å². The van der Waals surface area contributed by atoms with E-state index in [9.17, 15) is 20.4 Å². The first-order valence-corrected chi connectivity index (χ1v) is 14.3. The fourth-order valence-corrected chi connectivity index (χ4v) is 4.71. The van der Waals surface area contributed by atoms with Crippen LogP contribution in [0.5, 0.6) is 0 Å². The Morgan fingerprint density at radius 2 is 1.17 bits per heavy atom. The Hall–Kier alpha value is -3.54. The molecule has 3 aromatic carbocycles. The van der Waals surface area contributed by atoms with Crippen molar-refractivity contribution in [1.82, 2.24) is 25.9 Å². The molecule has 9 heteroatoms. The van der Waals surface area contributed by atoms with Gasteiger partial charge in [-0.15, -0.1) is 0 Å². The number of rotatable bonds is 17. The lowest BCUT2D eigenvalue weighted by Gasteiger charge is -2.29. The quantitative estimate of drug-likeness (QED) is 0.101. The molecule has 0 saturated heterocycles. The largest absolute Gasteiger partial charge is 0.395 e. The van der Waals surface area contributed by atoms with Crippen molar-refractivity contribution < 1.29 is 20.4 Å². The van der Waals surface area contributed by atoms with Gasteiger partial charge in [-0.25, -0.2) is 0 Å². The van der Waals surface area contributed by atoms with Crippen LogP contribution in [0.4, 0.5) is 0 Å². The lowest BCUT2D eigenvalue weighted by atomic mass is 10.0. The molecule has 9 nitrogen and oxygen atoms in total. The van der Waals surface area contributed by atoms with Crippen molar-refractivity contribution in [2.75, 3.05) is 13.2 Å². The Morgan fingerprint density at radius 3 is 1.69 bits per heavy atom. The Balaban J connectivity index is 1.36. The normalized spacial score (nSPS) is 15.0. The van der Waals surface area contributed by atoms with E-state index in [1.807, 2.05) is 91.0 Å². The topological polar surface area (TPSA) is 143 Å². The number of aromatic nitrogens is 2. The summed E-state index contributed by atoms with van der Waals surface area (Å²) in [6.45, 7) is 1.58. The van der Waals surface area contributed by atoms with Gasteiger partial charge in [-0.3, -0.25) is 9.97 Å². The molecule has 1 aromatic heterocycles. The molecule has 0 aliphatic carbocycles. The molecule has 4 rings (SSSR count). The van der Waals surface area contributed by atoms with Crippen molar-refractivity contribution in [2.24, 2.45) is 0 Å². The number of aliphatic hydroxyl groups is 4. The highest BCUT2D eigenvalue weighted by Crippen LogP contribution is 2.18. The van der Waals surface area contributed by atoms with Gasteiger partial charge in [0.05, 0.1) is 48.5 Å². The average molecular weight is 572 g/mol. The maximum Gasteiger partial charge on any atom is 0.115 e. The van der Waals surface area contributed by atoms with E-state index >= 15 is 0 Å². The molecule has 0 radical (unpaired) electrons. The van der Waals surface area contributed by atoms with E-state index in [0.29, 0.717) is 31.0 Å². The number of hydrogen-bond donors (Lipinski definition) is 7. The first-order valence-electron chi connectivity index (χ1n) is 14.3. The second kappa shape index (κ2) is 16.8. The molecule has 1 unspecified atom stereocenters. The maximum absolute atomic E-state index is 11.3. The van der Waals surface area contributed by atoms with Gasteiger partial charge in [0.15, 0.2) is 0 Å². The van der Waals surface area contributed by atoms with Crippen molar-refractivity contribution in [3.8, 4) is 0 Å². The van der Waals surface area contributed by atoms with Crippen molar-refractivity contribution in [1.29, 1.82) is 0 Å². The van der Waals surface area contributed by atoms with Crippen LogP contribution >= 0.6 is 0 Å². The molecule has 42 heavy (non-hydrogen) atoms. The zero-order valence-corrected chi connectivity index (χ0v) is 23.6. The molecule has 222 valence electrons. The summed E-state index contributed by atoms with van der Waals surface area (Å²) in [5.74, 6) is 0. The smallest absolute Gasteiger partial charge is 0.115 e. The molecular weight excluding hydrogens is 530 g/mol.